The molecular weight excluding hydrogens is 260 g/mol. The summed E-state index contributed by atoms with van der Waals surface area (Å²) in [6, 6.07) is 14.3. The number of nitrogens with two attached hydrogens (primary N) is 1. The number of nitrogens with zero attached hydrogens (tertiary/aromatic N) is 3. The van der Waals surface area contributed by atoms with E-state index in [1.807, 2.05) is 37.4 Å². The van der Waals surface area contributed by atoms with Gasteiger partial charge < -0.3 is 10.6 Å². The molecule has 3 rings (SSSR count). The summed E-state index contributed by atoms with van der Waals surface area (Å²) in [6.45, 7) is 1.26. The minimum Gasteiger partial charge on any atom is -0.355 e. The lowest BCUT2D eigenvalue weighted by molar-refractivity contribution is 0.880. The Kier molecular flexibility index (Phi) is 3.79. The van der Waals surface area contributed by atoms with Crippen molar-refractivity contribution in [3.8, 4) is 0 Å². The minimum absolute atomic E-state index is 0.480. The molecule has 2 aromatic heterocycles. The molecule has 4 heteroatoms. The number of para-hydroxylation sites is 1. The van der Waals surface area contributed by atoms with Crippen LogP contribution in [0.2, 0.25) is 0 Å². The molecule has 2 N–H and O–H groups in total. The predicted octanol–water partition coefficient (Wildman–Crippen LogP) is 2.72. The molecule has 21 heavy (non-hydrogen) atoms. The van der Waals surface area contributed by atoms with Crippen molar-refractivity contribution in [3.63, 3.8) is 0 Å². The molecule has 2 heterocycles. The standard InChI is InChI=1S/C17H18N4/c1-21(12-13-6-8-19-9-7-13)17-15(11-18)10-14-4-2-3-5-16(14)20-17/h2-10H,11-12,18H2,1H3. The molecule has 3 aromatic rings. The molecule has 0 fully saturated rings. The second-order valence-corrected chi connectivity index (χ2v) is 5.08. The topological polar surface area (TPSA) is 55.0 Å². The molecule has 0 atom stereocenters. The molecule has 0 radical (unpaired) electrons. The van der Waals surface area contributed by atoms with Crippen LogP contribution in [-0.4, -0.2) is 17.0 Å². The van der Waals surface area contributed by atoms with Gasteiger partial charge in [-0.1, -0.05) is 18.2 Å². The third-order valence-corrected chi connectivity index (χ3v) is 3.53. The second-order valence-electron chi connectivity index (χ2n) is 5.08. The Morgan fingerprint density at radius 2 is 1.86 bits per heavy atom. The van der Waals surface area contributed by atoms with Crippen molar-refractivity contribution in [1.29, 1.82) is 0 Å². The fourth-order valence-electron chi connectivity index (χ4n) is 2.47. The lowest BCUT2D eigenvalue weighted by Gasteiger charge is -2.21. The van der Waals surface area contributed by atoms with Gasteiger partial charge in [0.15, 0.2) is 0 Å². The minimum atomic E-state index is 0.480. The zero-order valence-electron chi connectivity index (χ0n) is 12.0. The van der Waals surface area contributed by atoms with Crippen molar-refractivity contribution in [2.24, 2.45) is 5.73 Å². The summed E-state index contributed by atoms with van der Waals surface area (Å²) in [6.07, 6.45) is 3.61. The van der Waals surface area contributed by atoms with Crippen LogP contribution in [-0.2, 0) is 13.1 Å². The highest BCUT2D eigenvalue weighted by Crippen LogP contribution is 2.23. The van der Waals surface area contributed by atoms with Gasteiger partial charge in [-0.3, -0.25) is 4.98 Å². The normalized spacial score (nSPS) is 10.8. The zero-order valence-corrected chi connectivity index (χ0v) is 12.0. The largest absolute Gasteiger partial charge is 0.355 e. The number of anilines is 1. The first-order valence-electron chi connectivity index (χ1n) is 6.96. The van der Waals surface area contributed by atoms with E-state index in [1.165, 1.54) is 5.56 Å². The molecule has 0 unspecified atom stereocenters. The van der Waals surface area contributed by atoms with Gasteiger partial charge in [-0.15, -0.1) is 0 Å². The van der Waals surface area contributed by atoms with Gasteiger partial charge in [0.05, 0.1) is 5.52 Å². The zero-order chi connectivity index (χ0) is 14.7. The van der Waals surface area contributed by atoms with Crippen LogP contribution in [0.15, 0.2) is 54.9 Å². The van der Waals surface area contributed by atoms with Crippen molar-refractivity contribution in [1.82, 2.24) is 9.97 Å². The van der Waals surface area contributed by atoms with E-state index >= 15 is 0 Å². The first-order valence-corrected chi connectivity index (χ1v) is 6.96. The SMILES string of the molecule is CN(Cc1ccncc1)c1nc2ccccc2cc1CN. The van der Waals surface area contributed by atoms with E-state index in [0.29, 0.717) is 6.54 Å². The summed E-state index contributed by atoms with van der Waals surface area (Å²) >= 11 is 0. The molecule has 0 saturated heterocycles. The summed E-state index contributed by atoms with van der Waals surface area (Å²) in [7, 11) is 2.04. The highest BCUT2D eigenvalue weighted by atomic mass is 15.2. The Morgan fingerprint density at radius 3 is 2.62 bits per heavy atom. The van der Waals surface area contributed by atoms with Crippen LogP contribution in [0.3, 0.4) is 0 Å². The van der Waals surface area contributed by atoms with Crippen LogP contribution in [0, 0.1) is 0 Å². The fourth-order valence-corrected chi connectivity index (χ4v) is 2.47. The predicted molar refractivity (Wildman–Crippen MR) is 86.0 cm³/mol. The van der Waals surface area contributed by atoms with E-state index < -0.39 is 0 Å². The molecule has 0 aliphatic heterocycles. The first kappa shape index (κ1) is 13.5. The molecule has 0 saturated carbocycles. The van der Waals surface area contributed by atoms with E-state index in [0.717, 1.165) is 28.8 Å². The Balaban J connectivity index is 1.98. The smallest absolute Gasteiger partial charge is 0.133 e. The highest BCUT2D eigenvalue weighted by molar-refractivity contribution is 5.81. The quantitative estimate of drug-likeness (QED) is 0.797. The molecule has 1 aromatic carbocycles. The Labute approximate surface area is 124 Å². The second kappa shape index (κ2) is 5.89. The maximum absolute atomic E-state index is 5.90. The number of pyridine rings is 2. The third kappa shape index (κ3) is 2.85. The average Bonchev–Trinajstić information content (AvgIpc) is 2.54. The van der Waals surface area contributed by atoms with E-state index in [1.54, 1.807) is 12.4 Å². The van der Waals surface area contributed by atoms with Crippen LogP contribution in [0.1, 0.15) is 11.1 Å². The van der Waals surface area contributed by atoms with Crippen LogP contribution >= 0.6 is 0 Å². The molecule has 0 bridgehead atoms. The van der Waals surface area contributed by atoms with Crippen LogP contribution in [0.5, 0.6) is 0 Å². The van der Waals surface area contributed by atoms with Crippen LogP contribution in [0.4, 0.5) is 5.82 Å². The van der Waals surface area contributed by atoms with Gasteiger partial charge in [-0.2, -0.15) is 0 Å². The van der Waals surface area contributed by atoms with Crippen molar-refractivity contribution in [2.75, 3.05) is 11.9 Å². The number of benzene rings is 1. The number of rotatable bonds is 4. The monoisotopic (exact) mass is 278 g/mol. The van der Waals surface area contributed by atoms with E-state index in [4.69, 9.17) is 10.7 Å². The van der Waals surface area contributed by atoms with E-state index in [-0.39, 0.29) is 0 Å². The third-order valence-electron chi connectivity index (χ3n) is 3.53. The van der Waals surface area contributed by atoms with Gasteiger partial charge in [-0.05, 0) is 29.8 Å². The van der Waals surface area contributed by atoms with Gasteiger partial charge in [0.25, 0.3) is 0 Å². The van der Waals surface area contributed by atoms with Gasteiger partial charge >= 0.3 is 0 Å². The molecule has 0 spiro atoms. The summed E-state index contributed by atoms with van der Waals surface area (Å²) in [5, 5.41) is 1.12. The summed E-state index contributed by atoms with van der Waals surface area (Å²) in [5.41, 5.74) is 9.15. The molecule has 0 aliphatic rings. The Morgan fingerprint density at radius 1 is 1.10 bits per heavy atom. The number of hydrogen-bond donors (Lipinski definition) is 1. The van der Waals surface area contributed by atoms with Crippen molar-refractivity contribution in [3.05, 3.63) is 66.0 Å². The number of hydrogen-bond acceptors (Lipinski definition) is 4. The molecule has 106 valence electrons. The van der Waals surface area contributed by atoms with Gasteiger partial charge in [-0.25, -0.2) is 4.98 Å². The van der Waals surface area contributed by atoms with Crippen LogP contribution < -0.4 is 10.6 Å². The lowest BCUT2D eigenvalue weighted by Crippen LogP contribution is -2.20. The first-order chi connectivity index (χ1) is 10.3. The maximum atomic E-state index is 5.90. The highest BCUT2D eigenvalue weighted by Gasteiger charge is 2.10. The van der Waals surface area contributed by atoms with Crippen molar-refractivity contribution in [2.45, 2.75) is 13.1 Å². The summed E-state index contributed by atoms with van der Waals surface area (Å²) in [5.74, 6) is 0.938. The van der Waals surface area contributed by atoms with Gasteiger partial charge in [0.2, 0.25) is 0 Å². The van der Waals surface area contributed by atoms with Crippen LogP contribution in [0.25, 0.3) is 10.9 Å². The average molecular weight is 278 g/mol. The molecule has 4 nitrogen and oxygen atoms in total. The Hall–Kier alpha value is -2.46. The van der Waals surface area contributed by atoms with E-state index in [9.17, 15) is 0 Å². The molecular formula is C17H18N4. The van der Waals surface area contributed by atoms with Crippen molar-refractivity contribution >= 4 is 16.7 Å². The maximum Gasteiger partial charge on any atom is 0.133 e. The fraction of sp³-hybridized carbons (Fsp3) is 0.176. The summed E-state index contributed by atoms with van der Waals surface area (Å²) in [4.78, 5) is 10.9. The summed E-state index contributed by atoms with van der Waals surface area (Å²) < 4.78 is 0. The number of aromatic nitrogens is 2. The molecule has 0 aliphatic carbocycles. The van der Waals surface area contributed by atoms with Gasteiger partial charge in [0, 0.05) is 43.5 Å². The number of fused-ring (bicyclic) bond motifs is 1. The molecule has 0 amide bonds. The van der Waals surface area contributed by atoms with Crippen molar-refractivity contribution < 1.29 is 0 Å². The van der Waals surface area contributed by atoms with Gasteiger partial charge in [0.1, 0.15) is 5.82 Å². The Bertz CT molecular complexity index is 740. The lowest BCUT2D eigenvalue weighted by atomic mass is 10.1. The van der Waals surface area contributed by atoms with E-state index in [2.05, 4.69) is 22.0 Å².